The molecule has 168 valence electrons. The van der Waals surface area contributed by atoms with Crippen LogP contribution in [-0.4, -0.2) is 25.7 Å². The minimum Gasteiger partial charge on any atom is -0.620 e. The van der Waals surface area contributed by atoms with Crippen molar-refractivity contribution in [2.45, 2.75) is 52.1 Å². The van der Waals surface area contributed by atoms with Gasteiger partial charge >= 0.3 is 5.91 Å². The van der Waals surface area contributed by atoms with Crippen LogP contribution >= 0.6 is 0 Å². The number of likely N-dealkylation sites (N-methyl/N-ethyl adjacent to an activating group) is 1. The van der Waals surface area contributed by atoms with Gasteiger partial charge in [-0.3, -0.25) is 4.65 Å². The van der Waals surface area contributed by atoms with Gasteiger partial charge in [-0.1, -0.05) is 18.9 Å². The van der Waals surface area contributed by atoms with Gasteiger partial charge in [0.2, 0.25) is 0 Å². The van der Waals surface area contributed by atoms with Crippen molar-refractivity contribution >= 4 is 11.6 Å². The Kier molecular flexibility index (Phi) is 5.72. The van der Waals surface area contributed by atoms with E-state index in [-0.39, 0.29) is 6.10 Å². The zero-order valence-corrected chi connectivity index (χ0v) is 19.1. The number of nitrogens with zero attached hydrogens (tertiary/aromatic N) is 2. The predicted octanol–water partition coefficient (Wildman–Crippen LogP) is 3.82. The highest BCUT2D eigenvalue weighted by Gasteiger charge is 2.49. The number of rotatable bonds is 6. The summed E-state index contributed by atoms with van der Waals surface area (Å²) in [5.41, 5.74) is 10.9. The fourth-order valence-electron chi connectivity index (χ4n) is 4.77. The van der Waals surface area contributed by atoms with Gasteiger partial charge < -0.3 is 21.0 Å². The van der Waals surface area contributed by atoms with Crippen LogP contribution in [0.2, 0.25) is 0 Å². The molecule has 7 heteroatoms. The number of amides is 1. The van der Waals surface area contributed by atoms with Crippen molar-refractivity contribution in [2.75, 3.05) is 13.7 Å². The lowest BCUT2D eigenvalue weighted by atomic mass is 9.74. The molecule has 3 atom stereocenters. The number of carbonyl (C=O) groups excluding carboxylic acids is 1. The monoisotopic (exact) mass is 434 g/mol. The van der Waals surface area contributed by atoms with E-state index >= 15 is 0 Å². The second-order valence-electron chi connectivity index (χ2n) is 9.14. The van der Waals surface area contributed by atoms with Crippen molar-refractivity contribution < 1.29 is 9.53 Å². The maximum atomic E-state index is 13.5. The molecule has 1 fully saturated rings. The molecule has 1 aromatic carbocycles. The van der Waals surface area contributed by atoms with Gasteiger partial charge in [-0.15, -0.1) is 0 Å². The molecule has 0 bridgehead atoms. The molecule has 0 spiro atoms. The number of hydrogen-bond donors (Lipinski definition) is 2. The lowest BCUT2D eigenvalue weighted by Gasteiger charge is -2.46. The molecule has 0 aromatic heterocycles. The van der Waals surface area contributed by atoms with Crippen LogP contribution in [0.3, 0.4) is 0 Å². The van der Waals surface area contributed by atoms with E-state index in [1.165, 1.54) is 32.2 Å². The fourth-order valence-corrected chi connectivity index (χ4v) is 4.77. The van der Waals surface area contributed by atoms with Gasteiger partial charge in [0, 0.05) is 29.6 Å². The first-order valence-corrected chi connectivity index (χ1v) is 11.1. The number of nitriles is 1. The van der Waals surface area contributed by atoms with Crippen LogP contribution in [0.1, 0.15) is 57.1 Å². The van der Waals surface area contributed by atoms with Crippen LogP contribution in [0.15, 0.2) is 52.5 Å². The van der Waals surface area contributed by atoms with Crippen LogP contribution in [0, 0.1) is 22.5 Å². The van der Waals surface area contributed by atoms with Crippen molar-refractivity contribution in [3.63, 3.8) is 0 Å². The van der Waals surface area contributed by atoms with Gasteiger partial charge in [0.15, 0.2) is 0 Å². The van der Waals surface area contributed by atoms with E-state index in [0.29, 0.717) is 29.1 Å². The number of carbonyl (C=O) groups is 1. The first-order chi connectivity index (χ1) is 15.2. The average molecular weight is 435 g/mol. The number of hydroxylamine groups is 2. The Morgan fingerprint density at radius 1 is 1.47 bits per heavy atom. The van der Waals surface area contributed by atoms with Crippen LogP contribution in [-0.2, 0) is 9.53 Å². The Morgan fingerprint density at radius 3 is 2.81 bits per heavy atom. The summed E-state index contributed by atoms with van der Waals surface area (Å²) in [4.78, 5) is 13.5. The number of quaternary nitrogens is 1. The van der Waals surface area contributed by atoms with Gasteiger partial charge in [0.05, 0.1) is 36.3 Å². The van der Waals surface area contributed by atoms with Gasteiger partial charge in [0.1, 0.15) is 5.69 Å². The minimum absolute atomic E-state index is 0.293. The van der Waals surface area contributed by atoms with Crippen molar-refractivity contribution in [1.82, 2.24) is 9.96 Å². The van der Waals surface area contributed by atoms with E-state index in [0.717, 1.165) is 34.7 Å². The third-order valence-corrected chi connectivity index (χ3v) is 6.83. The minimum atomic E-state index is -1.18. The second-order valence-corrected chi connectivity index (χ2v) is 9.14. The lowest BCUT2D eigenvalue weighted by molar-refractivity contribution is -0.124. The third-order valence-electron chi connectivity index (χ3n) is 6.83. The highest BCUT2D eigenvalue weighted by Crippen LogP contribution is 2.50. The molecular weight excluding hydrogens is 404 g/mol. The molecule has 2 aliphatic heterocycles. The molecule has 1 saturated carbocycles. The summed E-state index contributed by atoms with van der Waals surface area (Å²) in [6.07, 6.45) is 4.80. The van der Waals surface area contributed by atoms with Crippen LogP contribution in [0.25, 0.3) is 0 Å². The van der Waals surface area contributed by atoms with Crippen molar-refractivity contribution in [2.24, 2.45) is 11.7 Å². The number of allylic oxidation sites excluding steroid dienone is 2. The number of nitrogens with one attached hydrogen (secondary N) is 1. The smallest absolute Gasteiger partial charge is 0.349 e. The molecule has 1 aliphatic carbocycles. The Bertz CT molecular complexity index is 1100. The van der Waals surface area contributed by atoms with Gasteiger partial charge in [-0.25, -0.2) is 4.79 Å². The maximum Gasteiger partial charge on any atom is 0.349 e. The molecule has 1 aromatic rings. The van der Waals surface area contributed by atoms with Crippen LogP contribution in [0.5, 0.6) is 0 Å². The van der Waals surface area contributed by atoms with Crippen molar-refractivity contribution in [3.8, 4) is 6.07 Å². The summed E-state index contributed by atoms with van der Waals surface area (Å²) in [6.45, 7) is 6.35. The second kappa shape index (κ2) is 8.21. The molecule has 4 rings (SSSR count). The molecule has 0 radical (unpaired) electrons. The van der Waals surface area contributed by atoms with E-state index in [9.17, 15) is 15.3 Å². The molecule has 2 heterocycles. The van der Waals surface area contributed by atoms with Gasteiger partial charge in [-0.05, 0) is 56.5 Å². The average Bonchev–Trinajstić information content (AvgIpc) is 3.60. The molecule has 32 heavy (non-hydrogen) atoms. The van der Waals surface area contributed by atoms with E-state index in [1.807, 2.05) is 20.8 Å². The molecule has 1 amide bonds. The highest BCUT2D eigenvalue weighted by molar-refractivity contribution is 6.07. The van der Waals surface area contributed by atoms with E-state index in [1.54, 1.807) is 12.1 Å². The molecule has 0 saturated heterocycles. The number of benzene rings is 1. The van der Waals surface area contributed by atoms with E-state index in [2.05, 4.69) is 11.4 Å². The Hall–Kier alpha value is -2.92. The standard InChI is InChI=1S/C25H30N4O3/c1-14(12-26)24-22(16(3)32-10-9-17-5-6-17)23-19-8-7-18(13-27)11-20(19)29(4,31)25(30)21(23)15(2)28-24/h7-8,11-12,16-17,23,28H,5-6,9-10,26H2,1-4H3/b14-12-/t16?,23-,29?/m0/s1. The van der Waals surface area contributed by atoms with Crippen LogP contribution in [0.4, 0.5) is 5.69 Å². The summed E-state index contributed by atoms with van der Waals surface area (Å²) in [5.74, 6) is -0.213. The predicted molar refractivity (Wildman–Crippen MR) is 124 cm³/mol. The Labute approximate surface area is 189 Å². The molecule has 7 nitrogen and oxygen atoms in total. The molecular formula is C25H30N4O3. The zero-order chi connectivity index (χ0) is 23.2. The number of fused-ring (bicyclic) bond motifs is 3. The summed E-state index contributed by atoms with van der Waals surface area (Å²) in [6, 6.07) is 7.11. The highest BCUT2D eigenvalue weighted by atomic mass is 16.6. The van der Waals surface area contributed by atoms with Crippen LogP contribution < -0.4 is 15.7 Å². The summed E-state index contributed by atoms with van der Waals surface area (Å²) < 4.78 is 5.07. The maximum absolute atomic E-state index is 13.5. The molecule has 3 N–H and O–H groups in total. The Morgan fingerprint density at radius 2 is 2.19 bits per heavy atom. The zero-order valence-electron chi connectivity index (χ0n) is 19.1. The first-order valence-electron chi connectivity index (χ1n) is 11.1. The lowest BCUT2D eigenvalue weighted by Crippen LogP contribution is -2.52. The van der Waals surface area contributed by atoms with Gasteiger partial charge in [-0.2, -0.15) is 5.26 Å². The number of hydrogen-bond acceptors (Lipinski definition) is 6. The van der Waals surface area contributed by atoms with Gasteiger partial charge in [0.25, 0.3) is 0 Å². The first kappa shape index (κ1) is 22.3. The fraction of sp³-hybridized carbons (Fsp3) is 0.440. The summed E-state index contributed by atoms with van der Waals surface area (Å²) in [7, 11) is 1.33. The topological polar surface area (TPSA) is 111 Å². The van der Waals surface area contributed by atoms with Crippen molar-refractivity contribution in [1.29, 1.82) is 5.26 Å². The third kappa shape index (κ3) is 3.65. The summed E-state index contributed by atoms with van der Waals surface area (Å²) in [5, 5.41) is 26.2. The van der Waals surface area contributed by atoms with Crippen molar-refractivity contribution in [3.05, 3.63) is 68.8 Å². The number of nitrogens with two attached hydrogens (primary N) is 1. The Balaban J connectivity index is 1.88. The van der Waals surface area contributed by atoms with E-state index < -0.39 is 16.5 Å². The molecule has 3 aliphatic rings. The number of ether oxygens (including phenoxy) is 1. The summed E-state index contributed by atoms with van der Waals surface area (Å²) >= 11 is 0. The molecule has 2 unspecified atom stereocenters. The normalized spacial score (nSPS) is 26.3. The quantitative estimate of drug-likeness (QED) is 0.520. The number of dihydropyridines is 1. The largest absolute Gasteiger partial charge is 0.620 e. The van der Waals surface area contributed by atoms with E-state index in [4.69, 9.17) is 10.5 Å². The SMILES string of the molecule is CC1=C2C(=O)[N+](C)([O-])c3cc(C#N)ccc3[C@@H]2C(C(C)OCCC2CC2)=C(/C(C)=C\N)N1.